The van der Waals surface area contributed by atoms with Crippen molar-refractivity contribution in [2.45, 2.75) is 0 Å². The van der Waals surface area contributed by atoms with Gasteiger partial charge in [0.25, 0.3) is 5.91 Å². The van der Waals surface area contributed by atoms with E-state index in [0.29, 0.717) is 11.4 Å². The number of benzene rings is 2. The molecule has 0 radical (unpaired) electrons. The third-order valence-electron chi connectivity index (χ3n) is 4.09. The van der Waals surface area contributed by atoms with Crippen LogP contribution in [0.25, 0.3) is 22.4 Å². The van der Waals surface area contributed by atoms with Gasteiger partial charge in [0.2, 0.25) is 0 Å². The second-order valence-corrected chi connectivity index (χ2v) is 5.82. The van der Waals surface area contributed by atoms with Crippen LogP contribution in [0.3, 0.4) is 0 Å². The zero-order valence-electron chi connectivity index (χ0n) is 14.2. The Morgan fingerprint density at radius 2 is 1.81 bits per heavy atom. The summed E-state index contributed by atoms with van der Waals surface area (Å²) in [4.78, 5) is 24.4. The summed E-state index contributed by atoms with van der Waals surface area (Å²) in [5, 5.41) is 5.89. The second kappa shape index (κ2) is 6.68. The highest BCUT2D eigenvalue weighted by Crippen LogP contribution is 2.23. The van der Waals surface area contributed by atoms with Crippen molar-refractivity contribution in [1.82, 2.24) is 15.0 Å². The first kappa shape index (κ1) is 15.8. The summed E-state index contributed by atoms with van der Waals surface area (Å²) < 4.78 is 0. The van der Waals surface area contributed by atoms with Crippen LogP contribution < -0.4 is 10.6 Å². The lowest BCUT2D eigenvalue weighted by molar-refractivity contribution is 0.102. The molecule has 0 fully saturated rings. The average molecular weight is 343 g/mol. The number of aromatic nitrogens is 3. The molecule has 0 bridgehead atoms. The first-order valence-corrected chi connectivity index (χ1v) is 8.23. The molecule has 0 aliphatic carbocycles. The van der Waals surface area contributed by atoms with E-state index >= 15 is 0 Å². The maximum atomic E-state index is 12.3. The van der Waals surface area contributed by atoms with E-state index in [2.05, 4.69) is 25.6 Å². The van der Waals surface area contributed by atoms with Crippen LogP contribution in [0.4, 0.5) is 11.5 Å². The molecule has 2 aromatic heterocycles. The van der Waals surface area contributed by atoms with Gasteiger partial charge in [0.05, 0.1) is 17.2 Å². The van der Waals surface area contributed by atoms with Crippen molar-refractivity contribution in [2.24, 2.45) is 0 Å². The predicted molar refractivity (Wildman–Crippen MR) is 103 cm³/mol. The maximum Gasteiger partial charge on any atom is 0.256 e. The van der Waals surface area contributed by atoms with Crippen molar-refractivity contribution >= 4 is 28.4 Å². The van der Waals surface area contributed by atoms with Gasteiger partial charge in [0.15, 0.2) is 0 Å². The lowest BCUT2D eigenvalue weighted by Crippen LogP contribution is -2.12. The van der Waals surface area contributed by atoms with Gasteiger partial charge in [-0.15, -0.1) is 0 Å². The summed E-state index contributed by atoms with van der Waals surface area (Å²) in [6.45, 7) is 0. The molecule has 4 aromatic rings. The standard InChI is InChI=1S/C20H17N5O/c1-21-15-9-7-13(8-10-15)19-23-16-11-18(22-12-17(16)24-19)25-20(26)14-5-3-2-4-6-14/h2-12,21H,1H3,(H,23,24)(H,22,25,26). The van der Waals surface area contributed by atoms with Crippen LogP contribution in [-0.4, -0.2) is 27.9 Å². The number of nitrogens with zero attached hydrogens (tertiary/aromatic N) is 2. The fourth-order valence-electron chi connectivity index (χ4n) is 2.69. The Hall–Kier alpha value is -3.67. The van der Waals surface area contributed by atoms with E-state index in [0.717, 1.165) is 28.1 Å². The molecule has 6 heteroatoms. The molecule has 2 heterocycles. The number of fused-ring (bicyclic) bond motifs is 1. The van der Waals surface area contributed by atoms with E-state index in [1.165, 1.54) is 0 Å². The van der Waals surface area contributed by atoms with Gasteiger partial charge in [-0.1, -0.05) is 18.2 Å². The number of carbonyl (C=O) groups excluding carboxylic acids is 1. The number of rotatable bonds is 4. The molecule has 6 nitrogen and oxygen atoms in total. The highest BCUT2D eigenvalue weighted by Gasteiger charge is 2.10. The average Bonchev–Trinajstić information content (AvgIpc) is 3.12. The molecule has 0 atom stereocenters. The molecule has 0 saturated heterocycles. The number of H-pyrrole nitrogens is 1. The Kier molecular flexibility index (Phi) is 4.07. The molecule has 3 N–H and O–H groups in total. The molecule has 26 heavy (non-hydrogen) atoms. The van der Waals surface area contributed by atoms with E-state index in [-0.39, 0.29) is 5.91 Å². The van der Waals surface area contributed by atoms with Crippen molar-refractivity contribution in [1.29, 1.82) is 0 Å². The van der Waals surface area contributed by atoms with Crippen molar-refractivity contribution < 1.29 is 4.79 Å². The number of pyridine rings is 1. The summed E-state index contributed by atoms with van der Waals surface area (Å²) in [5.74, 6) is 1.03. The molecule has 1 amide bonds. The third-order valence-corrected chi connectivity index (χ3v) is 4.09. The van der Waals surface area contributed by atoms with E-state index in [9.17, 15) is 4.79 Å². The molecular formula is C20H17N5O. The number of nitrogens with one attached hydrogen (secondary N) is 3. The van der Waals surface area contributed by atoms with Gasteiger partial charge in [-0.2, -0.15) is 0 Å². The summed E-state index contributed by atoms with van der Waals surface area (Å²) in [6, 6.07) is 18.8. The molecule has 128 valence electrons. The first-order chi connectivity index (χ1) is 12.7. The summed E-state index contributed by atoms with van der Waals surface area (Å²) >= 11 is 0. The van der Waals surface area contributed by atoms with Crippen molar-refractivity contribution in [3.8, 4) is 11.4 Å². The smallest absolute Gasteiger partial charge is 0.256 e. The highest BCUT2D eigenvalue weighted by molar-refractivity contribution is 6.04. The molecular weight excluding hydrogens is 326 g/mol. The first-order valence-electron chi connectivity index (χ1n) is 8.23. The minimum atomic E-state index is -0.198. The Balaban J connectivity index is 1.60. The number of hydrogen-bond acceptors (Lipinski definition) is 4. The van der Waals surface area contributed by atoms with Gasteiger partial charge >= 0.3 is 0 Å². The van der Waals surface area contributed by atoms with Crippen molar-refractivity contribution in [2.75, 3.05) is 17.7 Å². The molecule has 0 spiro atoms. The molecule has 0 aliphatic rings. The van der Waals surface area contributed by atoms with Gasteiger partial charge < -0.3 is 15.6 Å². The number of amides is 1. The highest BCUT2D eigenvalue weighted by atomic mass is 16.1. The molecule has 0 aliphatic heterocycles. The molecule has 0 unspecified atom stereocenters. The van der Waals surface area contributed by atoms with Crippen LogP contribution in [0, 0.1) is 0 Å². The number of carbonyl (C=O) groups is 1. The summed E-state index contributed by atoms with van der Waals surface area (Å²) in [7, 11) is 1.88. The van der Waals surface area contributed by atoms with Crippen molar-refractivity contribution in [3.63, 3.8) is 0 Å². The Bertz CT molecular complexity index is 1050. The van der Waals surface area contributed by atoms with Crippen LogP contribution >= 0.6 is 0 Å². The number of anilines is 2. The monoisotopic (exact) mass is 343 g/mol. The van der Waals surface area contributed by atoms with Crippen molar-refractivity contribution in [3.05, 3.63) is 72.4 Å². The molecule has 2 aromatic carbocycles. The van der Waals surface area contributed by atoms with E-state index < -0.39 is 0 Å². The van der Waals surface area contributed by atoms with Crippen LogP contribution in [-0.2, 0) is 0 Å². The van der Waals surface area contributed by atoms with Crippen LogP contribution in [0.2, 0.25) is 0 Å². The van der Waals surface area contributed by atoms with Gasteiger partial charge in [0.1, 0.15) is 11.6 Å². The topological polar surface area (TPSA) is 82.7 Å². The van der Waals surface area contributed by atoms with Gasteiger partial charge in [-0.25, -0.2) is 9.97 Å². The number of aromatic amines is 1. The van der Waals surface area contributed by atoms with E-state index in [4.69, 9.17) is 0 Å². The lowest BCUT2D eigenvalue weighted by Gasteiger charge is -2.03. The zero-order chi connectivity index (χ0) is 17.9. The minimum Gasteiger partial charge on any atom is -0.388 e. The quantitative estimate of drug-likeness (QED) is 0.524. The Morgan fingerprint density at radius 3 is 2.54 bits per heavy atom. The van der Waals surface area contributed by atoms with E-state index in [1.54, 1.807) is 24.4 Å². The fourth-order valence-corrected chi connectivity index (χ4v) is 2.69. The summed E-state index contributed by atoms with van der Waals surface area (Å²) in [6.07, 6.45) is 1.68. The van der Waals surface area contributed by atoms with Crippen LogP contribution in [0.15, 0.2) is 66.9 Å². The van der Waals surface area contributed by atoms with Gasteiger partial charge in [-0.05, 0) is 36.4 Å². The normalized spacial score (nSPS) is 10.7. The molecule has 0 saturated carbocycles. The van der Waals surface area contributed by atoms with E-state index in [1.807, 2.05) is 49.5 Å². The predicted octanol–water partition coefficient (Wildman–Crippen LogP) is 3.92. The zero-order valence-corrected chi connectivity index (χ0v) is 14.2. The SMILES string of the molecule is CNc1ccc(-c2nc3cc(NC(=O)c4ccccc4)ncc3[nH]2)cc1. The lowest BCUT2D eigenvalue weighted by atomic mass is 10.2. The van der Waals surface area contributed by atoms with Crippen LogP contribution in [0.1, 0.15) is 10.4 Å². The third kappa shape index (κ3) is 3.12. The maximum absolute atomic E-state index is 12.3. The largest absolute Gasteiger partial charge is 0.388 e. The molecule has 4 rings (SSSR count). The van der Waals surface area contributed by atoms with Gasteiger partial charge in [-0.3, -0.25) is 4.79 Å². The summed E-state index contributed by atoms with van der Waals surface area (Å²) in [5.41, 5.74) is 4.17. The van der Waals surface area contributed by atoms with Gasteiger partial charge in [0, 0.05) is 29.9 Å². The number of imidazole rings is 1. The Labute approximate surface area is 150 Å². The second-order valence-electron chi connectivity index (χ2n) is 5.82. The van der Waals surface area contributed by atoms with Crippen LogP contribution in [0.5, 0.6) is 0 Å². The number of hydrogen-bond donors (Lipinski definition) is 3. The minimum absolute atomic E-state index is 0.198. The Morgan fingerprint density at radius 1 is 1.04 bits per heavy atom. The fraction of sp³-hybridized carbons (Fsp3) is 0.0500.